The van der Waals surface area contributed by atoms with Gasteiger partial charge in [0, 0.05) is 10.7 Å². The lowest BCUT2D eigenvalue weighted by molar-refractivity contribution is 0.0999. The van der Waals surface area contributed by atoms with E-state index in [1.807, 2.05) is 0 Å². The maximum atomic E-state index is 11.5. The summed E-state index contributed by atoms with van der Waals surface area (Å²) < 4.78 is 0.714. The summed E-state index contributed by atoms with van der Waals surface area (Å²) in [6.07, 6.45) is 6.94. The first kappa shape index (κ1) is 13.3. The molecule has 0 fully saturated rings. The molecular weight excluding hydrogens is 292 g/mol. The number of primary amides is 1. The van der Waals surface area contributed by atoms with Gasteiger partial charge in [0.15, 0.2) is 0 Å². The number of halogens is 1. The number of rotatable bonds is 2. The Labute approximate surface area is 116 Å². The molecule has 4 heteroatoms. The van der Waals surface area contributed by atoms with Crippen molar-refractivity contribution in [2.75, 3.05) is 0 Å². The smallest absolute Gasteiger partial charge is 0.252 e. The molecule has 0 unspecified atom stereocenters. The van der Waals surface area contributed by atoms with Crippen molar-refractivity contribution in [3.63, 3.8) is 0 Å². The van der Waals surface area contributed by atoms with Gasteiger partial charge in [0.25, 0.3) is 5.91 Å². The number of carbonyl (C=O) groups excluding carboxylic acids is 1. The predicted molar refractivity (Wildman–Crippen MR) is 76.1 cm³/mol. The molecule has 1 aromatic rings. The fourth-order valence-corrected chi connectivity index (χ4v) is 2.71. The van der Waals surface area contributed by atoms with Crippen LogP contribution in [0.25, 0.3) is 5.57 Å². The quantitative estimate of drug-likeness (QED) is 0.908. The number of hydrogen-bond donors (Lipinski definition) is 1. The highest BCUT2D eigenvalue weighted by atomic mass is 79.9. The van der Waals surface area contributed by atoms with Crippen LogP contribution < -0.4 is 5.73 Å². The fraction of sp³-hybridized carbons (Fsp3) is 0.429. The number of nitrogens with two attached hydrogens (primary N) is 1. The van der Waals surface area contributed by atoms with Gasteiger partial charge in [-0.2, -0.15) is 0 Å². The SMILES string of the molecule is CC1(C)CC=C(c2nccc(Br)c2C(N)=O)CC1. The van der Waals surface area contributed by atoms with E-state index in [-0.39, 0.29) is 0 Å². The van der Waals surface area contributed by atoms with Gasteiger partial charge in [0.1, 0.15) is 0 Å². The molecule has 0 spiro atoms. The van der Waals surface area contributed by atoms with Crippen molar-refractivity contribution in [1.82, 2.24) is 4.98 Å². The average molecular weight is 309 g/mol. The van der Waals surface area contributed by atoms with Crippen LogP contribution in [0.5, 0.6) is 0 Å². The summed E-state index contributed by atoms with van der Waals surface area (Å²) in [5, 5.41) is 0. The molecule has 2 N–H and O–H groups in total. The lowest BCUT2D eigenvalue weighted by atomic mass is 9.77. The number of nitrogens with zero attached hydrogens (tertiary/aromatic N) is 1. The number of hydrogen-bond acceptors (Lipinski definition) is 2. The third-order valence-electron chi connectivity index (χ3n) is 3.42. The van der Waals surface area contributed by atoms with Gasteiger partial charge in [0.05, 0.1) is 11.3 Å². The second kappa shape index (κ2) is 4.84. The van der Waals surface area contributed by atoms with Crippen molar-refractivity contribution < 1.29 is 4.79 Å². The molecule has 96 valence electrons. The van der Waals surface area contributed by atoms with E-state index in [0.717, 1.165) is 30.5 Å². The minimum absolute atomic E-state index is 0.336. The highest BCUT2D eigenvalue weighted by Gasteiger charge is 2.25. The Morgan fingerprint density at radius 3 is 2.78 bits per heavy atom. The Bertz CT molecular complexity index is 521. The molecule has 0 saturated carbocycles. The highest BCUT2D eigenvalue weighted by molar-refractivity contribution is 9.10. The van der Waals surface area contributed by atoms with Gasteiger partial charge in [-0.15, -0.1) is 0 Å². The Morgan fingerprint density at radius 2 is 2.22 bits per heavy atom. The molecule has 0 bridgehead atoms. The minimum atomic E-state index is -0.435. The van der Waals surface area contributed by atoms with E-state index in [0.29, 0.717) is 15.5 Å². The lowest BCUT2D eigenvalue weighted by Crippen LogP contribution is -2.18. The van der Waals surface area contributed by atoms with E-state index in [9.17, 15) is 4.79 Å². The van der Waals surface area contributed by atoms with Crippen molar-refractivity contribution >= 4 is 27.4 Å². The summed E-state index contributed by atoms with van der Waals surface area (Å²) >= 11 is 3.37. The number of amides is 1. The van der Waals surface area contributed by atoms with Crippen LogP contribution in [0.1, 0.15) is 49.2 Å². The summed E-state index contributed by atoms with van der Waals surface area (Å²) in [5.74, 6) is -0.435. The van der Waals surface area contributed by atoms with E-state index in [1.54, 1.807) is 12.3 Å². The molecule has 18 heavy (non-hydrogen) atoms. The van der Waals surface area contributed by atoms with Crippen LogP contribution in [0.4, 0.5) is 0 Å². The van der Waals surface area contributed by atoms with Crippen LogP contribution in [0.2, 0.25) is 0 Å². The van der Waals surface area contributed by atoms with Crippen molar-refractivity contribution in [3.8, 4) is 0 Å². The van der Waals surface area contributed by atoms with E-state index >= 15 is 0 Å². The first-order valence-electron chi connectivity index (χ1n) is 6.04. The second-order valence-corrected chi connectivity index (χ2v) is 6.33. The first-order chi connectivity index (χ1) is 8.41. The van der Waals surface area contributed by atoms with Gasteiger partial charge in [-0.05, 0) is 52.2 Å². The number of carbonyl (C=O) groups is 1. The first-order valence-corrected chi connectivity index (χ1v) is 6.84. The zero-order valence-corrected chi connectivity index (χ0v) is 12.3. The third-order valence-corrected chi connectivity index (χ3v) is 4.08. The molecule has 0 radical (unpaired) electrons. The molecule has 3 nitrogen and oxygen atoms in total. The molecule has 1 aromatic heterocycles. The largest absolute Gasteiger partial charge is 0.365 e. The van der Waals surface area contributed by atoms with Crippen molar-refractivity contribution in [3.05, 3.63) is 34.1 Å². The minimum Gasteiger partial charge on any atom is -0.365 e. The summed E-state index contributed by atoms with van der Waals surface area (Å²) in [6.45, 7) is 4.51. The van der Waals surface area contributed by atoms with Crippen LogP contribution in [-0.4, -0.2) is 10.9 Å². The molecule has 0 saturated heterocycles. The topological polar surface area (TPSA) is 56.0 Å². The Kier molecular flexibility index (Phi) is 3.57. The Morgan fingerprint density at radius 1 is 1.50 bits per heavy atom. The number of aromatic nitrogens is 1. The van der Waals surface area contributed by atoms with Gasteiger partial charge >= 0.3 is 0 Å². The average Bonchev–Trinajstić information content (AvgIpc) is 2.28. The summed E-state index contributed by atoms with van der Waals surface area (Å²) in [6, 6.07) is 1.75. The van der Waals surface area contributed by atoms with Gasteiger partial charge in [-0.25, -0.2) is 0 Å². The third kappa shape index (κ3) is 2.64. The second-order valence-electron chi connectivity index (χ2n) is 5.48. The van der Waals surface area contributed by atoms with Crippen molar-refractivity contribution in [2.24, 2.45) is 11.1 Å². The fourth-order valence-electron chi connectivity index (χ4n) is 2.21. The maximum Gasteiger partial charge on any atom is 0.252 e. The number of allylic oxidation sites excluding steroid dienone is 2. The molecule has 1 aliphatic rings. The Hall–Kier alpha value is -1.16. The standard InChI is InChI=1S/C14H17BrN2O/c1-14(2)6-3-9(4-7-14)12-11(13(16)18)10(15)5-8-17-12/h3,5,8H,4,6-7H2,1-2H3,(H2,16,18). The van der Waals surface area contributed by atoms with Gasteiger partial charge in [-0.1, -0.05) is 19.9 Å². The number of pyridine rings is 1. The van der Waals surface area contributed by atoms with Crippen molar-refractivity contribution in [1.29, 1.82) is 0 Å². The molecule has 0 aliphatic heterocycles. The summed E-state index contributed by atoms with van der Waals surface area (Å²) in [5.41, 5.74) is 8.12. The molecule has 2 rings (SSSR count). The van der Waals surface area contributed by atoms with E-state index in [4.69, 9.17) is 5.73 Å². The molecular formula is C14H17BrN2O. The van der Waals surface area contributed by atoms with Crippen LogP contribution in [-0.2, 0) is 0 Å². The molecule has 0 aromatic carbocycles. The maximum absolute atomic E-state index is 11.5. The van der Waals surface area contributed by atoms with Gasteiger partial charge in [0.2, 0.25) is 0 Å². The van der Waals surface area contributed by atoms with E-state index in [1.165, 1.54) is 0 Å². The van der Waals surface area contributed by atoms with Crippen molar-refractivity contribution in [2.45, 2.75) is 33.1 Å². The lowest BCUT2D eigenvalue weighted by Gasteiger charge is -2.28. The van der Waals surface area contributed by atoms with Gasteiger partial charge < -0.3 is 5.73 Å². The van der Waals surface area contributed by atoms with Crippen LogP contribution in [0.3, 0.4) is 0 Å². The molecule has 1 heterocycles. The van der Waals surface area contributed by atoms with E-state index < -0.39 is 5.91 Å². The van der Waals surface area contributed by atoms with Crippen LogP contribution in [0, 0.1) is 5.41 Å². The zero-order chi connectivity index (χ0) is 13.3. The predicted octanol–water partition coefficient (Wildman–Crippen LogP) is 3.54. The molecule has 1 aliphatic carbocycles. The van der Waals surface area contributed by atoms with E-state index in [2.05, 4.69) is 40.8 Å². The highest BCUT2D eigenvalue weighted by Crippen LogP contribution is 2.38. The normalized spacial score (nSPS) is 18.3. The summed E-state index contributed by atoms with van der Waals surface area (Å²) in [7, 11) is 0. The van der Waals surface area contributed by atoms with Gasteiger partial charge in [-0.3, -0.25) is 9.78 Å². The molecule has 1 amide bonds. The zero-order valence-electron chi connectivity index (χ0n) is 10.7. The summed E-state index contributed by atoms with van der Waals surface area (Å²) in [4.78, 5) is 15.9. The Balaban J connectivity index is 2.44. The van der Waals surface area contributed by atoms with Crippen LogP contribution in [0.15, 0.2) is 22.8 Å². The van der Waals surface area contributed by atoms with Crippen LogP contribution >= 0.6 is 15.9 Å². The molecule has 0 atom stereocenters. The monoisotopic (exact) mass is 308 g/mol.